The number of sulfone groups is 1. The van der Waals surface area contributed by atoms with E-state index in [0.29, 0.717) is 10.6 Å². The fraction of sp³-hybridized carbons (Fsp3) is 0.364. The number of halogens is 2. The van der Waals surface area contributed by atoms with Crippen molar-refractivity contribution in [3.63, 3.8) is 0 Å². The van der Waals surface area contributed by atoms with Gasteiger partial charge in [-0.15, -0.1) is 12.4 Å². The van der Waals surface area contributed by atoms with E-state index in [1.165, 1.54) is 0 Å². The standard InChI is InChI=1S/C11H14ClNO4S.ClH/c1-17-11(14)7-18(15,16)10(6-13)8-4-2-3-5-9(8)12;/h2-5,10H,6-7,13H2,1H3;1H. The summed E-state index contributed by atoms with van der Waals surface area (Å²) in [7, 11) is -2.61. The van der Waals surface area contributed by atoms with E-state index in [-0.39, 0.29) is 19.0 Å². The molecule has 1 rings (SSSR count). The molecule has 8 heteroatoms. The fourth-order valence-corrected chi connectivity index (χ4v) is 3.39. The van der Waals surface area contributed by atoms with E-state index in [1.807, 2.05) is 0 Å². The summed E-state index contributed by atoms with van der Waals surface area (Å²) in [4.78, 5) is 11.1. The normalized spacial score (nSPS) is 12.4. The van der Waals surface area contributed by atoms with Crippen LogP contribution in [0.3, 0.4) is 0 Å². The molecule has 108 valence electrons. The van der Waals surface area contributed by atoms with Crippen molar-refractivity contribution < 1.29 is 17.9 Å². The van der Waals surface area contributed by atoms with E-state index >= 15 is 0 Å². The number of hydrogen-bond acceptors (Lipinski definition) is 5. The Hall–Kier alpha value is -0.820. The topological polar surface area (TPSA) is 86.5 Å². The summed E-state index contributed by atoms with van der Waals surface area (Å²) in [5, 5.41) is -0.702. The zero-order chi connectivity index (χ0) is 13.8. The van der Waals surface area contributed by atoms with E-state index in [9.17, 15) is 13.2 Å². The summed E-state index contributed by atoms with van der Waals surface area (Å²) < 4.78 is 28.4. The van der Waals surface area contributed by atoms with E-state index in [4.69, 9.17) is 17.3 Å². The maximum atomic E-state index is 12.0. The van der Waals surface area contributed by atoms with E-state index in [0.717, 1.165) is 7.11 Å². The Morgan fingerprint density at radius 2 is 2.00 bits per heavy atom. The molecule has 0 saturated heterocycles. The van der Waals surface area contributed by atoms with Gasteiger partial charge in [-0.05, 0) is 11.6 Å². The van der Waals surface area contributed by atoms with E-state index < -0.39 is 26.8 Å². The Morgan fingerprint density at radius 3 is 2.47 bits per heavy atom. The van der Waals surface area contributed by atoms with Gasteiger partial charge in [-0.3, -0.25) is 4.79 Å². The zero-order valence-electron chi connectivity index (χ0n) is 10.2. The molecular weight excluding hydrogens is 313 g/mol. The van der Waals surface area contributed by atoms with Crippen LogP contribution in [-0.2, 0) is 19.4 Å². The predicted molar refractivity (Wildman–Crippen MR) is 76.3 cm³/mol. The predicted octanol–water partition coefficient (Wildman–Crippen LogP) is 1.35. The van der Waals surface area contributed by atoms with Gasteiger partial charge in [0.25, 0.3) is 0 Å². The minimum Gasteiger partial charge on any atom is -0.468 e. The van der Waals surface area contributed by atoms with Crippen LogP contribution < -0.4 is 5.73 Å². The van der Waals surface area contributed by atoms with Gasteiger partial charge in [-0.1, -0.05) is 29.8 Å². The lowest BCUT2D eigenvalue weighted by molar-refractivity contribution is -0.137. The molecule has 0 saturated carbocycles. The fourth-order valence-electron chi connectivity index (χ4n) is 1.53. The second-order valence-electron chi connectivity index (χ2n) is 3.63. The lowest BCUT2D eigenvalue weighted by Crippen LogP contribution is -2.28. The first-order valence-corrected chi connectivity index (χ1v) is 7.24. The highest BCUT2D eigenvalue weighted by Crippen LogP contribution is 2.28. The molecule has 19 heavy (non-hydrogen) atoms. The third-order valence-electron chi connectivity index (χ3n) is 2.45. The van der Waals surface area contributed by atoms with Crippen molar-refractivity contribution in [2.45, 2.75) is 5.25 Å². The van der Waals surface area contributed by atoms with Crippen molar-refractivity contribution in [3.05, 3.63) is 34.9 Å². The molecular formula is C11H15Cl2NO4S. The van der Waals surface area contributed by atoms with Gasteiger partial charge in [0.05, 0.1) is 7.11 Å². The van der Waals surface area contributed by atoms with Crippen molar-refractivity contribution >= 4 is 39.8 Å². The van der Waals surface area contributed by atoms with Gasteiger partial charge in [0.15, 0.2) is 9.84 Å². The first-order valence-electron chi connectivity index (χ1n) is 5.15. The van der Waals surface area contributed by atoms with Gasteiger partial charge < -0.3 is 10.5 Å². The van der Waals surface area contributed by atoms with Crippen LogP contribution in [0.15, 0.2) is 24.3 Å². The summed E-state index contributed by atoms with van der Waals surface area (Å²) in [5.74, 6) is -1.53. The summed E-state index contributed by atoms with van der Waals surface area (Å²) in [5.41, 5.74) is 5.88. The second-order valence-corrected chi connectivity index (χ2v) is 6.22. The van der Waals surface area contributed by atoms with Crippen molar-refractivity contribution in [3.8, 4) is 0 Å². The maximum Gasteiger partial charge on any atom is 0.320 e. The minimum atomic E-state index is -3.74. The molecule has 1 unspecified atom stereocenters. The highest BCUT2D eigenvalue weighted by Gasteiger charge is 2.30. The SMILES string of the molecule is COC(=O)CS(=O)(=O)C(CN)c1ccccc1Cl.Cl. The third kappa shape index (κ3) is 4.65. The summed E-state index contributed by atoms with van der Waals surface area (Å²) in [6.45, 7) is -0.150. The Kier molecular flexibility index (Phi) is 7.36. The van der Waals surface area contributed by atoms with Crippen molar-refractivity contribution in [2.24, 2.45) is 5.73 Å². The molecule has 0 amide bonds. The lowest BCUT2D eigenvalue weighted by Gasteiger charge is -2.16. The number of nitrogens with two attached hydrogens (primary N) is 1. The summed E-state index contributed by atoms with van der Waals surface area (Å²) in [6, 6.07) is 6.51. The molecule has 0 aliphatic heterocycles. The van der Waals surface area contributed by atoms with Gasteiger partial charge in [0, 0.05) is 11.6 Å². The lowest BCUT2D eigenvalue weighted by atomic mass is 10.1. The number of hydrogen-bond donors (Lipinski definition) is 1. The number of carbonyl (C=O) groups excluding carboxylic acids is 1. The van der Waals surface area contributed by atoms with Gasteiger partial charge in [0.1, 0.15) is 11.0 Å². The van der Waals surface area contributed by atoms with Crippen LogP contribution in [-0.4, -0.2) is 33.8 Å². The van der Waals surface area contributed by atoms with Gasteiger partial charge in [-0.2, -0.15) is 0 Å². The smallest absolute Gasteiger partial charge is 0.320 e. The Labute approximate surface area is 123 Å². The highest BCUT2D eigenvalue weighted by atomic mass is 35.5. The van der Waals surface area contributed by atoms with Crippen LogP contribution in [0, 0.1) is 0 Å². The van der Waals surface area contributed by atoms with Crippen molar-refractivity contribution in [1.29, 1.82) is 0 Å². The number of ether oxygens (including phenoxy) is 1. The number of esters is 1. The van der Waals surface area contributed by atoms with E-state index in [2.05, 4.69) is 4.74 Å². The number of benzene rings is 1. The third-order valence-corrected chi connectivity index (χ3v) is 4.74. The molecule has 0 spiro atoms. The van der Waals surface area contributed by atoms with Gasteiger partial charge >= 0.3 is 5.97 Å². The van der Waals surface area contributed by atoms with Gasteiger partial charge in [-0.25, -0.2) is 8.42 Å². The zero-order valence-corrected chi connectivity index (χ0v) is 12.6. The van der Waals surface area contributed by atoms with Crippen LogP contribution in [0.2, 0.25) is 5.02 Å². The number of rotatable bonds is 5. The summed E-state index contributed by atoms with van der Waals surface area (Å²) >= 11 is 5.94. The first-order chi connectivity index (χ1) is 8.42. The first kappa shape index (κ1) is 18.2. The van der Waals surface area contributed by atoms with Gasteiger partial charge in [0.2, 0.25) is 0 Å². The molecule has 0 aliphatic rings. The van der Waals surface area contributed by atoms with Crippen molar-refractivity contribution in [1.82, 2.24) is 0 Å². The number of methoxy groups -OCH3 is 1. The molecule has 0 radical (unpaired) electrons. The molecule has 0 fully saturated rings. The Morgan fingerprint density at radius 1 is 1.42 bits per heavy atom. The molecule has 1 aromatic rings. The molecule has 0 heterocycles. The Bertz CT molecular complexity index is 533. The average molecular weight is 328 g/mol. The highest BCUT2D eigenvalue weighted by molar-refractivity contribution is 7.92. The molecule has 0 aromatic heterocycles. The Balaban J connectivity index is 0.00000324. The van der Waals surface area contributed by atoms with Crippen LogP contribution >= 0.6 is 24.0 Å². The quantitative estimate of drug-likeness (QED) is 0.825. The molecule has 0 bridgehead atoms. The monoisotopic (exact) mass is 327 g/mol. The molecule has 5 nitrogen and oxygen atoms in total. The molecule has 2 N–H and O–H groups in total. The molecule has 0 aliphatic carbocycles. The second kappa shape index (κ2) is 7.69. The molecule has 1 atom stereocenters. The molecule has 1 aromatic carbocycles. The maximum absolute atomic E-state index is 12.0. The van der Waals surface area contributed by atoms with Crippen LogP contribution in [0.4, 0.5) is 0 Å². The number of carbonyl (C=O) groups is 1. The van der Waals surface area contributed by atoms with Crippen LogP contribution in [0.1, 0.15) is 10.8 Å². The summed E-state index contributed by atoms with van der Waals surface area (Å²) in [6.07, 6.45) is 0. The largest absolute Gasteiger partial charge is 0.468 e. The van der Waals surface area contributed by atoms with Crippen molar-refractivity contribution in [2.75, 3.05) is 19.4 Å². The average Bonchev–Trinajstić information content (AvgIpc) is 2.31. The minimum absolute atomic E-state index is 0. The van der Waals surface area contributed by atoms with E-state index in [1.54, 1.807) is 24.3 Å². The van der Waals surface area contributed by atoms with Crippen LogP contribution in [0.25, 0.3) is 0 Å². The van der Waals surface area contributed by atoms with Crippen LogP contribution in [0.5, 0.6) is 0 Å².